The third kappa shape index (κ3) is 2.84. The van der Waals surface area contributed by atoms with E-state index in [-0.39, 0.29) is 33.4 Å². The molecule has 25 heavy (non-hydrogen) atoms. The van der Waals surface area contributed by atoms with Crippen LogP contribution in [0.5, 0.6) is 5.75 Å². The number of alkyl halides is 2. The summed E-state index contributed by atoms with van der Waals surface area (Å²) >= 11 is 0. The van der Waals surface area contributed by atoms with Gasteiger partial charge in [-0.25, -0.2) is 13.6 Å². The Morgan fingerprint density at radius 3 is 2.48 bits per heavy atom. The summed E-state index contributed by atoms with van der Waals surface area (Å²) in [4.78, 5) is 23.8. The van der Waals surface area contributed by atoms with Crippen molar-refractivity contribution in [3.63, 3.8) is 0 Å². The highest BCUT2D eigenvalue weighted by Crippen LogP contribution is 2.34. The molecule has 3 aromatic rings. The zero-order valence-corrected chi connectivity index (χ0v) is 12.9. The van der Waals surface area contributed by atoms with Gasteiger partial charge in [-0.3, -0.25) is 4.79 Å². The van der Waals surface area contributed by atoms with E-state index in [1.807, 2.05) is 0 Å². The molecular weight excluding hydrogens is 334 g/mol. The van der Waals surface area contributed by atoms with Crippen molar-refractivity contribution >= 4 is 16.9 Å². The number of halogens is 2. The monoisotopic (exact) mass is 346 g/mol. The Morgan fingerprint density at radius 2 is 1.88 bits per heavy atom. The molecule has 0 aliphatic carbocycles. The standard InChI is InChI=1S/C18H12F2O5/c1-8-6-9(18(23)24)2-4-11(8)14-15(22)12-5-3-10(21)7-13(12)25-16(14)17(19)20/h2-7,17,21H,1H3,(H,23,24). The molecule has 0 saturated heterocycles. The van der Waals surface area contributed by atoms with Crippen molar-refractivity contribution in [2.24, 2.45) is 0 Å². The molecule has 0 bridgehead atoms. The quantitative estimate of drug-likeness (QED) is 0.745. The first kappa shape index (κ1) is 16.6. The van der Waals surface area contributed by atoms with Gasteiger partial charge in [-0.2, -0.15) is 0 Å². The summed E-state index contributed by atoms with van der Waals surface area (Å²) in [7, 11) is 0. The molecule has 0 aliphatic rings. The Hall–Kier alpha value is -3.22. The van der Waals surface area contributed by atoms with Crippen molar-refractivity contribution in [3.8, 4) is 16.9 Å². The highest BCUT2D eigenvalue weighted by atomic mass is 19.3. The fraction of sp³-hybridized carbons (Fsp3) is 0.111. The summed E-state index contributed by atoms with van der Waals surface area (Å²) < 4.78 is 32.1. The molecule has 2 aromatic carbocycles. The first-order valence-corrected chi connectivity index (χ1v) is 7.21. The highest BCUT2D eigenvalue weighted by molar-refractivity contribution is 5.90. The van der Waals surface area contributed by atoms with E-state index in [9.17, 15) is 23.5 Å². The van der Waals surface area contributed by atoms with Crippen molar-refractivity contribution in [3.05, 3.63) is 63.5 Å². The van der Waals surface area contributed by atoms with Gasteiger partial charge < -0.3 is 14.6 Å². The van der Waals surface area contributed by atoms with Crippen molar-refractivity contribution in [2.75, 3.05) is 0 Å². The fourth-order valence-electron chi connectivity index (χ4n) is 2.69. The predicted octanol–water partition coefficient (Wildman–Crippen LogP) is 4.11. The predicted molar refractivity (Wildman–Crippen MR) is 86.2 cm³/mol. The molecule has 0 aliphatic heterocycles. The van der Waals surface area contributed by atoms with E-state index in [1.54, 1.807) is 0 Å². The van der Waals surface area contributed by atoms with Gasteiger partial charge in [-0.05, 0) is 42.3 Å². The van der Waals surface area contributed by atoms with E-state index in [2.05, 4.69) is 0 Å². The van der Waals surface area contributed by atoms with Gasteiger partial charge in [-0.1, -0.05) is 6.07 Å². The molecule has 0 atom stereocenters. The minimum Gasteiger partial charge on any atom is -0.508 e. The van der Waals surface area contributed by atoms with E-state index in [0.717, 1.165) is 6.07 Å². The number of carboxylic acid groups (broad SMARTS) is 1. The lowest BCUT2D eigenvalue weighted by molar-refractivity contribution is 0.0696. The van der Waals surface area contributed by atoms with Crippen LogP contribution < -0.4 is 5.43 Å². The molecule has 0 unspecified atom stereocenters. The zero-order valence-electron chi connectivity index (χ0n) is 12.9. The van der Waals surface area contributed by atoms with Crippen LogP contribution in [0.1, 0.15) is 28.1 Å². The summed E-state index contributed by atoms with van der Waals surface area (Å²) in [5.41, 5.74) is -0.639. The van der Waals surface area contributed by atoms with Crippen LogP contribution in [0.2, 0.25) is 0 Å². The van der Waals surface area contributed by atoms with Crippen molar-refractivity contribution in [2.45, 2.75) is 13.3 Å². The summed E-state index contributed by atoms with van der Waals surface area (Å²) in [5.74, 6) is -2.20. The number of hydrogen-bond donors (Lipinski definition) is 2. The third-order valence-electron chi connectivity index (χ3n) is 3.84. The van der Waals surface area contributed by atoms with E-state index < -0.39 is 23.6 Å². The number of hydrogen-bond acceptors (Lipinski definition) is 4. The molecule has 0 radical (unpaired) electrons. The Bertz CT molecular complexity index is 1050. The lowest BCUT2D eigenvalue weighted by atomic mass is 9.96. The Morgan fingerprint density at radius 1 is 1.16 bits per heavy atom. The summed E-state index contributed by atoms with van der Waals surface area (Å²) in [6.07, 6.45) is -3.06. The van der Waals surface area contributed by atoms with Crippen LogP contribution in [0.25, 0.3) is 22.1 Å². The maximum Gasteiger partial charge on any atom is 0.335 e. The first-order chi connectivity index (χ1) is 11.8. The van der Waals surface area contributed by atoms with E-state index in [0.29, 0.717) is 5.56 Å². The Labute approximate surface area is 139 Å². The molecule has 3 rings (SSSR count). The molecule has 128 valence electrons. The average Bonchev–Trinajstić information content (AvgIpc) is 2.54. The second-order valence-electron chi connectivity index (χ2n) is 5.49. The number of phenolic OH excluding ortho intramolecular Hbond substituents is 1. The smallest absolute Gasteiger partial charge is 0.335 e. The van der Waals surface area contributed by atoms with Gasteiger partial charge in [0.05, 0.1) is 16.5 Å². The molecule has 2 N–H and O–H groups in total. The Kier molecular flexibility index (Phi) is 4.00. The molecule has 0 saturated carbocycles. The number of carbonyl (C=O) groups is 1. The van der Waals surface area contributed by atoms with E-state index >= 15 is 0 Å². The number of phenols is 1. The SMILES string of the molecule is Cc1cc(C(=O)O)ccc1-c1c(C(F)F)oc2cc(O)ccc2c1=O. The summed E-state index contributed by atoms with van der Waals surface area (Å²) in [6.45, 7) is 1.53. The first-order valence-electron chi connectivity index (χ1n) is 7.21. The van der Waals surface area contributed by atoms with Crippen molar-refractivity contribution < 1.29 is 28.2 Å². The molecule has 5 nitrogen and oxygen atoms in total. The second-order valence-corrected chi connectivity index (χ2v) is 5.49. The maximum absolute atomic E-state index is 13.5. The third-order valence-corrected chi connectivity index (χ3v) is 3.84. The molecular formula is C18H12F2O5. The molecule has 7 heteroatoms. The minimum atomic E-state index is -3.06. The van der Waals surface area contributed by atoms with Crippen LogP contribution in [0.15, 0.2) is 45.6 Å². The lowest BCUT2D eigenvalue weighted by Gasteiger charge is -2.12. The maximum atomic E-state index is 13.5. The summed E-state index contributed by atoms with van der Waals surface area (Å²) in [6, 6.07) is 7.48. The second kappa shape index (κ2) is 6.01. The van der Waals surface area contributed by atoms with Crippen LogP contribution in [0.4, 0.5) is 8.78 Å². The van der Waals surface area contributed by atoms with Crippen molar-refractivity contribution in [1.29, 1.82) is 0 Å². The average molecular weight is 346 g/mol. The number of aromatic hydroxyl groups is 1. The van der Waals surface area contributed by atoms with E-state index in [4.69, 9.17) is 9.52 Å². The van der Waals surface area contributed by atoms with Crippen molar-refractivity contribution in [1.82, 2.24) is 0 Å². The number of aryl methyl sites for hydroxylation is 1. The zero-order chi connectivity index (χ0) is 18.3. The number of benzene rings is 2. The fourth-order valence-corrected chi connectivity index (χ4v) is 2.69. The molecule has 0 spiro atoms. The highest BCUT2D eigenvalue weighted by Gasteiger charge is 2.24. The minimum absolute atomic E-state index is 0.0186. The van der Waals surface area contributed by atoms with Gasteiger partial charge in [0, 0.05) is 6.07 Å². The van der Waals surface area contributed by atoms with Gasteiger partial charge in [0.1, 0.15) is 11.3 Å². The van der Waals surface area contributed by atoms with Crippen LogP contribution >= 0.6 is 0 Å². The van der Waals surface area contributed by atoms with Crippen LogP contribution in [-0.2, 0) is 0 Å². The van der Waals surface area contributed by atoms with Crippen LogP contribution in [0, 0.1) is 6.92 Å². The van der Waals surface area contributed by atoms with Gasteiger partial charge in [0.25, 0.3) is 6.43 Å². The summed E-state index contributed by atoms with van der Waals surface area (Å²) in [5, 5.41) is 18.5. The molecule has 0 fully saturated rings. The van der Waals surface area contributed by atoms with Gasteiger partial charge in [0.2, 0.25) is 5.43 Å². The van der Waals surface area contributed by atoms with Gasteiger partial charge >= 0.3 is 5.97 Å². The lowest BCUT2D eigenvalue weighted by Crippen LogP contribution is -2.10. The van der Waals surface area contributed by atoms with Crippen LogP contribution in [0.3, 0.4) is 0 Å². The molecule has 1 aromatic heterocycles. The van der Waals surface area contributed by atoms with Crippen LogP contribution in [-0.4, -0.2) is 16.2 Å². The molecule has 0 amide bonds. The number of fused-ring (bicyclic) bond motifs is 1. The van der Waals surface area contributed by atoms with E-state index in [1.165, 1.54) is 37.3 Å². The van der Waals surface area contributed by atoms with Gasteiger partial charge in [0.15, 0.2) is 5.76 Å². The number of rotatable bonds is 3. The molecule has 1 heterocycles. The largest absolute Gasteiger partial charge is 0.508 e. The number of carboxylic acids is 1. The Balaban J connectivity index is 2.37. The number of aromatic carboxylic acids is 1. The van der Waals surface area contributed by atoms with Gasteiger partial charge in [-0.15, -0.1) is 0 Å². The topological polar surface area (TPSA) is 87.7 Å². The normalized spacial score (nSPS) is 11.2.